The van der Waals surface area contributed by atoms with Crippen LogP contribution in [-0.4, -0.2) is 96.0 Å². The molecule has 1 aromatic heterocycles. The molecule has 2 saturated heterocycles. The predicted molar refractivity (Wildman–Crippen MR) is 101 cm³/mol. The smallest absolute Gasteiger partial charge is 0.274 e. The Morgan fingerprint density at radius 1 is 1.23 bits per heavy atom. The summed E-state index contributed by atoms with van der Waals surface area (Å²) in [7, 11) is 4.07. The molecule has 2 aliphatic rings. The van der Waals surface area contributed by atoms with Crippen LogP contribution in [0.15, 0.2) is 6.07 Å². The molecule has 7 heteroatoms. The van der Waals surface area contributed by atoms with Crippen LogP contribution >= 0.6 is 0 Å². The van der Waals surface area contributed by atoms with Crippen molar-refractivity contribution in [1.82, 2.24) is 24.5 Å². The molecule has 1 aromatic rings. The van der Waals surface area contributed by atoms with Crippen LogP contribution in [0.25, 0.3) is 0 Å². The molecule has 0 radical (unpaired) electrons. The van der Waals surface area contributed by atoms with E-state index in [1.807, 2.05) is 20.0 Å². The van der Waals surface area contributed by atoms with E-state index in [-0.39, 0.29) is 11.9 Å². The number of aryl methyl sites for hydroxylation is 2. The third-order valence-electron chi connectivity index (χ3n) is 5.69. The van der Waals surface area contributed by atoms with Crippen molar-refractivity contribution in [3.05, 3.63) is 17.5 Å². The second kappa shape index (κ2) is 8.97. The highest BCUT2D eigenvalue weighted by molar-refractivity contribution is 5.92. The topological polar surface area (TPSA) is 53.8 Å². The first-order valence-electron chi connectivity index (χ1n) is 9.85. The second-order valence-electron chi connectivity index (χ2n) is 7.64. The van der Waals surface area contributed by atoms with Gasteiger partial charge in [0.05, 0.1) is 0 Å². The zero-order valence-electron chi connectivity index (χ0n) is 16.5. The third kappa shape index (κ3) is 4.84. The van der Waals surface area contributed by atoms with E-state index in [9.17, 15) is 4.79 Å². The van der Waals surface area contributed by atoms with Crippen molar-refractivity contribution in [1.29, 1.82) is 0 Å². The molecule has 0 saturated carbocycles. The molecule has 0 bridgehead atoms. The van der Waals surface area contributed by atoms with Crippen LogP contribution in [0.2, 0.25) is 0 Å². The quantitative estimate of drug-likeness (QED) is 0.754. The molecule has 2 aliphatic heterocycles. The minimum atomic E-state index is 0.0685. The monoisotopic (exact) mass is 363 g/mol. The number of hydrogen-bond donors (Lipinski definition) is 0. The van der Waals surface area contributed by atoms with Crippen LogP contribution in [0.4, 0.5) is 0 Å². The highest BCUT2D eigenvalue weighted by Crippen LogP contribution is 2.18. The van der Waals surface area contributed by atoms with Gasteiger partial charge in [-0.1, -0.05) is 0 Å². The number of rotatable bonds is 6. The van der Waals surface area contributed by atoms with Gasteiger partial charge in [0, 0.05) is 64.7 Å². The van der Waals surface area contributed by atoms with Crippen molar-refractivity contribution in [2.24, 2.45) is 7.05 Å². The van der Waals surface area contributed by atoms with Crippen molar-refractivity contribution < 1.29 is 9.53 Å². The highest BCUT2D eigenvalue weighted by Gasteiger charge is 2.28. The lowest BCUT2D eigenvalue weighted by atomic mass is 10.1. The summed E-state index contributed by atoms with van der Waals surface area (Å²) >= 11 is 0. The molecule has 0 unspecified atom stereocenters. The summed E-state index contributed by atoms with van der Waals surface area (Å²) in [5.41, 5.74) is 1.58. The van der Waals surface area contributed by atoms with Gasteiger partial charge in [0.1, 0.15) is 0 Å². The van der Waals surface area contributed by atoms with E-state index in [1.165, 1.54) is 0 Å². The van der Waals surface area contributed by atoms with E-state index in [4.69, 9.17) is 4.74 Å². The van der Waals surface area contributed by atoms with Crippen molar-refractivity contribution >= 4 is 5.91 Å². The minimum absolute atomic E-state index is 0.0685. The fourth-order valence-corrected chi connectivity index (χ4v) is 3.80. The number of carbonyl (C=O) groups excluding carboxylic acids is 1. The Hall–Kier alpha value is -1.44. The summed E-state index contributed by atoms with van der Waals surface area (Å²) in [5, 5.41) is 4.41. The molecule has 146 valence electrons. The van der Waals surface area contributed by atoms with Crippen molar-refractivity contribution in [2.75, 3.05) is 59.5 Å². The lowest BCUT2D eigenvalue weighted by molar-refractivity contribution is 0.0272. The largest absolute Gasteiger partial charge is 0.381 e. The molecule has 0 aromatic carbocycles. The van der Waals surface area contributed by atoms with Crippen molar-refractivity contribution in [3.63, 3.8) is 0 Å². The number of nitrogens with zero attached hydrogens (tertiary/aromatic N) is 5. The van der Waals surface area contributed by atoms with Crippen LogP contribution in [0.5, 0.6) is 0 Å². The number of likely N-dealkylation sites (N-methyl/N-ethyl adjacent to an activating group) is 1. The molecular weight excluding hydrogens is 330 g/mol. The molecule has 0 aliphatic carbocycles. The third-order valence-corrected chi connectivity index (χ3v) is 5.69. The van der Waals surface area contributed by atoms with Crippen LogP contribution in [0.3, 0.4) is 0 Å². The molecule has 1 amide bonds. The van der Waals surface area contributed by atoms with Gasteiger partial charge in [0.15, 0.2) is 5.69 Å². The Bertz CT molecular complexity index is 569. The number of aromatic nitrogens is 2. The summed E-state index contributed by atoms with van der Waals surface area (Å²) in [4.78, 5) is 20.1. The molecule has 0 atom stereocenters. The maximum atomic E-state index is 13.1. The molecule has 0 N–H and O–H groups in total. The average molecular weight is 364 g/mol. The number of amides is 1. The van der Waals surface area contributed by atoms with Crippen LogP contribution < -0.4 is 0 Å². The summed E-state index contributed by atoms with van der Waals surface area (Å²) in [5.74, 6) is 0.0685. The Labute approximate surface area is 156 Å². The average Bonchev–Trinajstić information content (AvgIpc) is 2.99. The lowest BCUT2D eigenvalue weighted by Gasteiger charge is -2.36. The molecule has 2 fully saturated rings. The predicted octanol–water partition coefficient (Wildman–Crippen LogP) is 0.987. The minimum Gasteiger partial charge on any atom is -0.381 e. The van der Waals surface area contributed by atoms with Gasteiger partial charge in [0.2, 0.25) is 0 Å². The Morgan fingerprint density at radius 2 is 1.92 bits per heavy atom. The highest BCUT2D eigenvalue weighted by atomic mass is 16.5. The van der Waals surface area contributed by atoms with E-state index in [1.54, 1.807) is 4.68 Å². The molecule has 3 rings (SSSR count). The maximum absolute atomic E-state index is 13.1. The summed E-state index contributed by atoms with van der Waals surface area (Å²) in [6.07, 6.45) is 2.86. The zero-order chi connectivity index (χ0) is 18.5. The van der Waals surface area contributed by atoms with E-state index in [0.29, 0.717) is 5.69 Å². The van der Waals surface area contributed by atoms with Gasteiger partial charge in [-0.2, -0.15) is 5.10 Å². The van der Waals surface area contributed by atoms with Gasteiger partial charge in [-0.05, 0) is 45.8 Å². The normalized spacial score (nSPS) is 20.4. The van der Waals surface area contributed by atoms with Crippen molar-refractivity contribution in [3.8, 4) is 0 Å². The van der Waals surface area contributed by atoms with E-state index >= 15 is 0 Å². The second-order valence-corrected chi connectivity index (χ2v) is 7.64. The first-order valence-corrected chi connectivity index (χ1v) is 9.85. The van der Waals surface area contributed by atoms with E-state index in [2.05, 4.69) is 26.8 Å². The van der Waals surface area contributed by atoms with Gasteiger partial charge in [-0.3, -0.25) is 9.48 Å². The zero-order valence-corrected chi connectivity index (χ0v) is 16.5. The molecule has 7 nitrogen and oxygen atoms in total. The van der Waals surface area contributed by atoms with Crippen LogP contribution in [0.1, 0.15) is 35.4 Å². The van der Waals surface area contributed by atoms with Crippen molar-refractivity contribution in [2.45, 2.75) is 32.2 Å². The summed E-state index contributed by atoms with van der Waals surface area (Å²) < 4.78 is 7.28. The summed E-state index contributed by atoms with van der Waals surface area (Å²) in [6, 6.07) is 2.17. The van der Waals surface area contributed by atoms with Gasteiger partial charge in [-0.25, -0.2) is 0 Å². The van der Waals surface area contributed by atoms with Crippen LogP contribution in [0, 0.1) is 6.92 Å². The van der Waals surface area contributed by atoms with Gasteiger partial charge >= 0.3 is 0 Å². The van der Waals surface area contributed by atoms with Gasteiger partial charge in [0.25, 0.3) is 5.91 Å². The van der Waals surface area contributed by atoms with Crippen LogP contribution in [-0.2, 0) is 11.8 Å². The Kier molecular flexibility index (Phi) is 6.67. The molecule has 3 heterocycles. The SMILES string of the molecule is Cc1cc(C(=O)N(CCCN2CCN(C)CC2)C2CCOCC2)nn1C. The lowest BCUT2D eigenvalue weighted by Crippen LogP contribution is -2.47. The maximum Gasteiger partial charge on any atom is 0.274 e. The van der Waals surface area contributed by atoms with E-state index in [0.717, 1.165) is 77.4 Å². The molecular formula is C19H33N5O2. The molecule has 26 heavy (non-hydrogen) atoms. The number of piperazine rings is 1. The van der Waals surface area contributed by atoms with E-state index < -0.39 is 0 Å². The van der Waals surface area contributed by atoms with Gasteiger partial charge < -0.3 is 19.4 Å². The Morgan fingerprint density at radius 3 is 2.54 bits per heavy atom. The molecule has 0 spiro atoms. The first kappa shape index (κ1) is 19.3. The number of carbonyl (C=O) groups is 1. The van der Waals surface area contributed by atoms with Gasteiger partial charge in [-0.15, -0.1) is 0 Å². The fourth-order valence-electron chi connectivity index (χ4n) is 3.80. The first-order chi connectivity index (χ1) is 12.5. The fraction of sp³-hybridized carbons (Fsp3) is 0.789. The Balaban J connectivity index is 1.60. The standard InChI is InChI=1S/C19H33N5O2/c1-16-15-18(20-22(16)3)19(25)24(17-5-13-26-14-6-17)8-4-7-23-11-9-21(2)10-12-23/h15,17H,4-14H2,1-3H3. The summed E-state index contributed by atoms with van der Waals surface area (Å²) in [6.45, 7) is 9.85. The number of hydrogen-bond acceptors (Lipinski definition) is 5. The number of ether oxygens (including phenoxy) is 1.